The minimum absolute atomic E-state index is 0.0171. The third kappa shape index (κ3) is 41.6. The number of quaternary nitrogens is 1. The second kappa shape index (κ2) is 43.2. The molecule has 0 amide bonds. The van der Waals surface area contributed by atoms with Crippen molar-refractivity contribution in [1.29, 1.82) is 0 Å². The molecule has 8 nitrogen and oxygen atoms in total. The predicted molar refractivity (Wildman–Crippen MR) is 254 cm³/mol. The SMILES string of the molecule is CC/C=C/C/C=C/C/C=C/C/C=C/C/C=C/CCCC(=O)OCC(COCCC(C(=O)[O-])[N+](C)(C)C)OC(=O)CCCCCCCCCCCC/C=C/C=C/CCCCCC. The van der Waals surface area contributed by atoms with E-state index in [1.54, 1.807) is 21.1 Å². The summed E-state index contributed by atoms with van der Waals surface area (Å²) in [6.45, 7) is 4.46. The molecule has 0 radical (unpaired) electrons. The fourth-order valence-corrected chi connectivity index (χ4v) is 6.57. The van der Waals surface area contributed by atoms with Crippen molar-refractivity contribution in [3.8, 4) is 0 Å². The van der Waals surface area contributed by atoms with Crippen LogP contribution >= 0.6 is 0 Å². The molecule has 0 aromatic heterocycles. The molecule has 0 spiro atoms. The molecule has 0 aliphatic carbocycles. The Balaban J connectivity index is 4.38. The molecule has 0 saturated carbocycles. The van der Waals surface area contributed by atoms with E-state index in [-0.39, 0.29) is 49.1 Å². The Morgan fingerprint density at radius 1 is 0.525 bits per heavy atom. The number of aliphatic carboxylic acids is 1. The maximum atomic E-state index is 12.8. The van der Waals surface area contributed by atoms with Gasteiger partial charge in [-0.15, -0.1) is 0 Å². The Bertz CT molecular complexity index is 1270. The number of unbranched alkanes of at least 4 members (excludes halogenated alkanes) is 15. The summed E-state index contributed by atoms with van der Waals surface area (Å²) in [5.74, 6) is -1.82. The van der Waals surface area contributed by atoms with Gasteiger partial charge in [0.2, 0.25) is 0 Å². The first-order chi connectivity index (χ1) is 29.6. The zero-order valence-electron chi connectivity index (χ0n) is 39.5. The Kier molecular flexibility index (Phi) is 40.7. The van der Waals surface area contributed by atoms with Gasteiger partial charge in [0.1, 0.15) is 12.6 Å². The van der Waals surface area contributed by atoms with E-state index in [9.17, 15) is 19.5 Å². The Morgan fingerprint density at radius 3 is 1.49 bits per heavy atom. The van der Waals surface area contributed by atoms with Crippen molar-refractivity contribution in [3.63, 3.8) is 0 Å². The molecule has 0 saturated heterocycles. The van der Waals surface area contributed by atoms with Crippen molar-refractivity contribution >= 4 is 17.9 Å². The number of ether oxygens (including phenoxy) is 3. The number of esters is 2. The number of carboxylic acid groups (broad SMARTS) is 1. The highest BCUT2D eigenvalue weighted by molar-refractivity contribution is 5.70. The summed E-state index contributed by atoms with van der Waals surface area (Å²) in [5, 5.41) is 11.6. The molecule has 0 fully saturated rings. The van der Waals surface area contributed by atoms with Gasteiger partial charge in [0.05, 0.1) is 40.3 Å². The van der Waals surface area contributed by atoms with Crippen LogP contribution in [0, 0.1) is 0 Å². The third-order valence-electron chi connectivity index (χ3n) is 10.3. The number of carboxylic acids is 1. The van der Waals surface area contributed by atoms with Crippen LogP contribution in [0.15, 0.2) is 85.1 Å². The van der Waals surface area contributed by atoms with Crippen LogP contribution in [0.25, 0.3) is 0 Å². The van der Waals surface area contributed by atoms with Gasteiger partial charge in [-0.2, -0.15) is 0 Å². The minimum atomic E-state index is -1.14. The van der Waals surface area contributed by atoms with E-state index in [1.807, 2.05) is 0 Å². The van der Waals surface area contributed by atoms with Gasteiger partial charge < -0.3 is 28.6 Å². The number of hydrogen-bond donors (Lipinski definition) is 0. The van der Waals surface area contributed by atoms with Gasteiger partial charge in [0.15, 0.2) is 6.10 Å². The fraction of sp³-hybridized carbons (Fsp3) is 0.679. The third-order valence-corrected chi connectivity index (χ3v) is 10.3. The number of hydrogen-bond acceptors (Lipinski definition) is 7. The molecule has 0 aliphatic rings. The quantitative estimate of drug-likeness (QED) is 0.0198. The monoisotopic (exact) mass is 852 g/mol. The van der Waals surface area contributed by atoms with Crippen molar-refractivity contribution in [2.45, 2.75) is 193 Å². The van der Waals surface area contributed by atoms with E-state index in [4.69, 9.17) is 14.2 Å². The van der Waals surface area contributed by atoms with E-state index >= 15 is 0 Å². The summed E-state index contributed by atoms with van der Waals surface area (Å²) >= 11 is 0. The van der Waals surface area contributed by atoms with Crippen LogP contribution in [0.5, 0.6) is 0 Å². The zero-order chi connectivity index (χ0) is 44.9. The normalized spacial score (nSPS) is 13.7. The number of rotatable bonds is 42. The summed E-state index contributed by atoms with van der Waals surface area (Å²) in [4.78, 5) is 36.9. The summed E-state index contributed by atoms with van der Waals surface area (Å²) in [6, 6.07) is -0.739. The highest BCUT2D eigenvalue weighted by Gasteiger charge is 2.25. The number of likely N-dealkylation sites (N-methyl/N-ethyl adjacent to an activating group) is 1. The first kappa shape index (κ1) is 57.5. The van der Waals surface area contributed by atoms with E-state index in [0.29, 0.717) is 12.8 Å². The predicted octanol–water partition coefficient (Wildman–Crippen LogP) is 12.4. The average molecular weight is 852 g/mol. The van der Waals surface area contributed by atoms with Gasteiger partial charge >= 0.3 is 11.9 Å². The lowest BCUT2D eigenvalue weighted by molar-refractivity contribution is -0.889. The van der Waals surface area contributed by atoms with Crippen LogP contribution in [-0.2, 0) is 28.6 Å². The standard InChI is InChI=1S/C53H89NO7/c1-6-8-10-12-14-16-18-20-22-24-25-26-28-30-32-34-36-38-40-42-44-52(56)61-49(47-59-46-45-50(53(57)58)54(3,4)5)48-60-51(55)43-41-39-37-35-33-31-29-27-23-21-19-17-15-13-11-9-7-2/h9,11,15-18,20-23,29,31,35,37,49-50H,6-8,10,12-14,19,24-28,30,32-34,36,38-48H2,1-5H3/b11-9+,17-15+,18-16+,22-20+,23-21+,31-29+,37-35+. The molecule has 0 N–H and O–H groups in total. The minimum Gasteiger partial charge on any atom is -0.544 e. The van der Waals surface area contributed by atoms with Crippen molar-refractivity contribution in [2.75, 3.05) is 41.0 Å². The molecule has 2 atom stereocenters. The van der Waals surface area contributed by atoms with Crippen LogP contribution in [0.3, 0.4) is 0 Å². The molecule has 0 aromatic carbocycles. The Morgan fingerprint density at radius 2 is 0.984 bits per heavy atom. The summed E-state index contributed by atoms with van der Waals surface area (Å²) in [7, 11) is 5.39. The topological polar surface area (TPSA) is 102 Å². The maximum Gasteiger partial charge on any atom is 0.306 e. The molecule has 61 heavy (non-hydrogen) atoms. The molecule has 0 aromatic rings. The van der Waals surface area contributed by atoms with Gasteiger partial charge in [-0.3, -0.25) is 9.59 Å². The fourth-order valence-electron chi connectivity index (χ4n) is 6.57. The summed E-state index contributed by atoms with van der Waals surface area (Å²) < 4.78 is 17.1. The second-order valence-electron chi connectivity index (χ2n) is 17.0. The lowest BCUT2D eigenvalue weighted by Gasteiger charge is -2.34. The van der Waals surface area contributed by atoms with Gasteiger partial charge in [-0.1, -0.05) is 170 Å². The van der Waals surface area contributed by atoms with Gasteiger partial charge in [0.25, 0.3) is 0 Å². The first-order valence-corrected chi connectivity index (χ1v) is 24.1. The Labute approximate surface area is 373 Å². The van der Waals surface area contributed by atoms with Crippen molar-refractivity contribution < 1.29 is 38.2 Å². The molecule has 348 valence electrons. The molecule has 0 bridgehead atoms. The van der Waals surface area contributed by atoms with E-state index < -0.39 is 18.1 Å². The number of carbonyl (C=O) groups excluding carboxylic acids is 3. The maximum absolute atomic E-state index is 12.8. The highest BCUT2D eigenvalue weighted by atomic mass is 16.6. The lowest BCUT2D eigenvalue weighted by atomic mass is 10.1. The average Bonchev–Trinajstić information content (AvgIpc) is 3.22. The van der Waals surface area contributed by atoms with E-state index in [2.05, 4.69) is 98.9 Å². The van der Waals surface area contributed by atoms with Crippen LogP contribution in [0.2, 0.25) is 0 Å². The molecule has 2 unspecified atom stereocenters. The number of carbonyl (C=O) groups is 3. The second-order valence-corrected chi connectivity index (χ2v) is 17.0. The van der Waals surface area contributed by atoms with Crippen molar-refractivity contribution in [3.05, 3.63) is 85.1 Å². The molecular weight excluding hydrogens is 763 g/mol. The molecular formula is C53H89NO7. The number of nitrogens with zero attached hydrogens (tertiary/aromatic N) is 1. The van der Waals surface area contributed by atoms with Crippen LogP contribution < -0.4 is 5.11 Å². The largest absolute Gasteiger partial charge is 0.544 e. The summed E-state index contributed by atoms with van der Waals surface area (Å²) in [6.07, 6.45) is 56.1. The molecule has 8 heteroatoms. The van der Waals surface area contributed by atoms with Gasteiger partial charge in [0, 0.05) is 19.3 Å². The van der Waals surface area contributed by atoms with E-state index in [0.717, 1.165) is 64.2 Å². The molecule has 0 rings (SSSR count). The van der Waals surface area contributed by atoms with E-state index in [1.165, 1.54) is 77.0 Å². The number of allylic oxidation sites excluding steroid dienone is 14. The smallest absolute Gasteiger partial charge is 0.306 e. The lowest BCUT2D eigenvalue weighted by Crippen LogP contribution is -2.55. The van der Waals surface area contributed by atoms with Gasteiger partial charge in [-0.25, -0.2) is 0 Å². The van der Waals surface area contributed by atoms with Gasteiger partial charge in [-0.05, 0) is 77.0 Å². The van der Waals surface area contributed by atoms with Crippen molar-refractivity contribution in [2.24, 2.45) is 0 Å². The van der Waals surface area contributed by atoms with Crippen LogP contribution in [-0.4, -0.2) is 75.5 Å². The zero-order valence-corrected chi connectivity index (χ0v) is 39.5. The van der Waals surface area contributed by atoms with Crippen LogP contribution in [0.4, 0.5) is 0 Å². The van der Waals surface area contributed by atoms with Crippen LogP contribution in [0.1, 0.15) is 181 Å². The highest BCUT2D eigenvalue weighted by Crippen LogP contribution is 2.14. The summed E-state index contributed by atoms with van der Waals surface area (Å²) in [5.41, 5.74) is 0. The molecule has 0 aliphatic heterocycles. The van der Waals surface area contributed by atoms with Crippen molar-refractivity contribution in [1.82, 2.24) is 0 Å². The Hall–Kier alpha value is -3.49. The molecule has 0 heterocycles. The first-order valence-electron chi connectivity index (χ1n) is 24.1.